The standard InChI is InChI=1S/C41H34ClN5O8S/c1-19-27-15-20(42)5-14-32(27)56-36(19)30-18-33(44(3)43-30)46-38(50)29-17-28-24(35(41(29,2)40(46)52)25-11-10-23(48)16-31(25)55-4)12-13-26-34(28)39(51)45(37(26)49)21-6-8-22(9-7-21)47(53)54/h5-12,14-16,18,26,28-29,34-35,48H,13,17H2,1-4H3. The fraction of sp³-hybridized carbons (Fsp3) is 0.293. The normalized spacial score (nSPS) is 25.7. The molecule has 3 aromatic carbocycles. The van der Waals surface area contributed by atoms with Crippen molar-refractivity contribution in [2.45, 2.75) is 32.6 Å². The number of imide groups is 2. The van der Waals surface area contributed by atoms with Crippen molar-refractivity contribution in [3.8, 4) is 22.1 Å². The zero-order valence-electron chi connectivity index (χ0n) is 30.6. The van der Waals surface area contributed by atoms with Crippen molar-refractivity contribution in [2.24, 2.45) is 36.1 Å². The third-order valence-corrected chi connectivity index (χ3v) is 13.9. The van der Waals surface area contributed by atoms with Gasteiger partial charge in [0.2, 0.25) is 23.6 Å². The molecule has 13 nitrogen and oxygen atoms in total. The first-order valence-corrected chi connectivity index (χ1v) is 19.2. The number of nitro benzene ring substituents is 1. The summed E-state index contributed by atoms with van der Waals surface area (Å²) in [7, 11) is 3.14. The summed E-state index contributed by atoms with van der Waals surface area (Å²) in [5, 5.41) is 28.2. The van der Waals surface area contributed by atoms with Gasteiger partial charge >= 0.3 is 0 Å². The van der Waals surface area contributed by atoms with Crippen molar-refractivity contribution in [2.75, 3.05) is 16.9 Å². The molecule has 0 spiro atoms. The van der Waals surface area contributed by atoms with E-state index in [4.69, 9.17) is 21.4 Å². The third kappa shape index (κ3) is 4.94. The molecule has 1 N–H and O–H groups in total. The number of ether oxygens (including phenoxy) is 1. The van der Waals surface area contributed by atoms with E-state index in [1.807, 2.05) is 31.2 Å². The van der Waals surface area contributed by atoms with Crippen LogP contribution in [0.2, 0.25) is 5.02 Å². The van der Waals surface area contributed by atoms with Crippen LogP contribution in [0.1, 0.15) is 36.8 Å². The Morgan fingerprint density at radius 2 is 1.73 bits per heavy atom. The lowest BCUT2D eigenvalue weighted by Gasteiger charge is -2.49. The number of aryl methyl sites for hydroxylation is 2. The molecule has 0 bridgehead atoms. The van der Waals surface area contributed by atoms with Gasteiger partial charge in [-0.3, -0.25) is 38.9 Å². The molecule has 6 atom stereocenters. The van der Waals surface area contributed by atoms with E-state index < -0.39 is 63.6 Å². The summed E-state index contributed by atoms with van der Waals surface area (Å²) in [4.78, 5) is 72.4. The number of halogens is 1. The highest BCUT2D eigenvalue weighted by molar-refractivity contribution is 7.22. The van der Waals surface area contributed by atoms with E-state index in [1.165, 1.54) is 64.4 Å². The summed E-state index contributed by atoms with van der Waals surface area (Å²) in [5.41, 5.74) is 1.55. The second-order valence-electron chi connectivity index (χ2n) is 15.1. The van der Waals surface area contributed by atoms with Crippen LogP contribution in [0, 0.1) is 46.1 Å². The minimum absolute atomic E-state index is 0.0516. The minimum Gasteiger partial charge on any atom is -0.508 e. The summed E-state index contributed by atoms with van der Waals surface area (Å²) in [6.45, 7) is 3.76. The maximum Gasteiger partial charge on any atom is 0.269 e. The first-order chi connectivity index (χ1) is 26.7. The van der Waals surface area contributed by atoms with Gasteiger partial charge in [0, 0.05) is 52.5 Å². The number of carbonyl (C=O) groups excluding carboxylic acids is 4. The number of hydrogen-bond donors (Lipinski definition) is 1. The predicted molar refractivity (Wildman–Crippen MR) is 209 cm³/mol. The minimum atomic E-state index is -1.37. The summed E-state index contributed by atoms with van der Waals surface area (Å²) < 4.78 is 8.32. The fourth-order valence-electron chi connectivity index (χ4n) is 9.71. The second-order valence-corrected chi connectivity index (χ2v) is 16.6. The van der Waals surface area contributed by atoms with Gasteiger partial charge in [0.25, 0.3) is 5.69 Å². The Morgan fingerprint density at radius 3 is 2.45 bits per heavy atom. The molecule has 2 aromatic heterocycles. The maximum absolute atomic E-state index is 15.2. The number of rotatable bonds is 6. The van der Waals surface area contributed by atoms with Gasteiger partial charge < -0.3 is 9.84 Å². The van der Waals surface area contributed by atoms with Gasteiger partial charge in [-0.2, -0.15) is 5.10 Å². The van der Waals surface area contributed by atoms with Gasteiger partial charge in [-0.15, -0.1) is 11.3 Å². The first kappa shape index (κ1) is 35.8. The van der Waals surface area contributed by atoms with Gasteiger partial charge in [-0.1, -0.05) is 29.3 Å². The molecule has 4 aliphatic rings. The van der Waals surface area contributed by atoms with Gasteiger partial charge in [-0.05, 0) is 80.0 Å². The molecule has 2 saturated heterocycles. The van der Waals surface area contributed by atoms with Gasteiger partial charge in [0.15, 0.2) is 0 Å². The van der Waals surface area contributed by atoms with E-state index in [2.05, 4.69) is 0 Å². The Balaban J connectivity index is 1.15. The van der Waals surface area contributed by atoms with Crippen LogP contribution in [0.3, 0.4) is 0 Å². The Morgan fingerprint density at radius 1 is 0.982 bits per heavy atom. The topological polar surface area (TPSA) is 165 Å². The molecule has 5 aromatic rings. The number of non-ortho nitro benzene ring substituents is 1. The summed E-state index contributed by atoms with van der Waals surface area (Å²) in [6, 6.07) is 17.3. The van der Waals surface area contributed by atoms with Crippen molar-refractivity contribution in [1.82, 2.24) is 9.78 Å². The summed E-state index contributed by atoms with van der Waals surface area (Å²) >= 11 is 7.85. The molecule has 56 heavy (non-hydrogen) atoms. The van der Waals surface area contributed by atoms with E-state index >= 15 is 4.79 Å². The molecule has 9 rings (SSSR count). The molecule has 2 aliphatic heterocycles. The molecular formula is C41H34ClN5O8S. The van der Waals surface area contributed by atoms with E-state index in [-0.39, 0.29) is 30.0 Å². The molecule has 284 valence electrons. The number of aromatic hydroxyl groups is 1. The number of fused-ring (bicyclic) bond motifs is 5. The first-order valence-electron chi connectivity index (χ1n) is 18.0. The molecular weight excluding hydrogens is 758 g/mol. The Hall–Kier alpha value is -5.86. The SMILES string of the molecule is COc1cc(O)ccc1C1C2=CCC3C(=O)N(c4ccc([N+](=O)[O-])cc4)C(=O)C3C2CC2C(=O)N(c3cc(-c4sc5ccc(Cl)cc5c4C)nn3C)C(=O)C21C. The lowest BCUT2D eigenvalue weighted by Crippen LogP contribution is -2.49. The average molecular weight is 792 g/mol. The molecule has 1 saturated carbocycles. The number of thiophene rings is 1. The van der Waals surface area contributed by atoms with E-state index in [1.54, 1.807) is 26.1 Å². The number of nitrogens with zero attached hydrogens (tertiary/aromatic N) is 5. The Bertz CT molecular complexity index is 2620. The van der Waals surface area contributed by atoms with Crippen molar-refractivity contribution in [3.63, 3.8) is 0 Å². The molecule has 6 unspecified atom stereocenters. The van der Waals surface area contributed by atoms with Crippen LogP contribution in [0.4, 0.5) is 17.2 Å². The Kier molecular flexibility index (Phi) is 8.05. The number of phenols is 1. The molecule has 2 aliphatic carbocycles. The molecule has 4 amide bonds. The van der Waals surface area contributed by atoms with Crippen LogP contribution < -0.4 is 14.5 Å². The number of hydrogen-bond acceptors (Lipinski definition) is 10. The number of amides is 4. The third-order valence-electron chi connectivity index (χ3n) is 12.3. The van der Waals surface area contributed by atoms with Gasteiger partial charge in [0.05, 0.1) is 45.8 Å². The Labute approximate surface area is 328 Å². The number of phenolic OH excluding ortho intramolecular Hbond substituents is 1. The molecule has 4 heterocycles. The highest BCUT2D eigenvalue weighted by atomic mass is 35.5. The predicted octanol–water partition coefficient (Wildman–Crippen LogP) is 7.32. The highest BCUT2D eigenvalue weighted by Crippen LogP contribution is 2.64. The van der Waals surface area contributed by atoms with E-state index in [0.717, 1.165) is 31.0 Å². The van der Waals surface area contributed by atoms with Gasteiger partial charge in [-0.25, -0.2) is 4.90 Å². The lowest BCUT2D eigenvalue weighted by molar-refractivity contribution is -0.384. The van der Waals surface area contributed by atoms with Crippen LogP contribution in [0.15, 0.2) is 78.4 Å². The van der Waals surface area contributed by atoms with Crippen molar-refractivity contribution in [3.05, 3.63) is 105 Å². The number of aromatic nitrogens is 2. The van der Waals surface area contributed by atoms with Crippen LogP contribution in [-0.4, -0.2) is 50.5 Å². The number of anilines is 2. The molecule has 3 fully saturated rings. The largest absolute Gasteiger partial charge is 0.508 e. The number of nitro groups is 1. The van der Waals surface area contributed by atoms with Crippen LogP contribution in [0.25, 0.3) is 20.7 Å². The summed E-state index contributed by atoms with van der Waals surface area (Å²) in [6.07, 6.45) is 2.25. The number of carbonyl (C=O) groups is 4. The number of allylic oxidation sites excluding steroid dienone is 2. The average Bonchev–Trinajstić information content (AvgIpc) is 3.85. The number of methoxy groups -OCH3 is 1. The summed E-state index contributed by atoms with van der Waals surface area (Å²) in [5.74, 6) is -5.11. The second kappa shape index (κ2) is 12.6. The van der Waals surface area contributed by atoms with E-state index in [9.17, 15) is 29.6 Å². The highest BCUT2D eigenvalue weighted by Gasteiger charge is 2.68. The van der Waals surface area contributed by atoms with Crippen molar-refractivity contribution < 1.29 is 33.9 Å². The molecule has 0 radical (unpaired) electrons. The zero-order valence-corrected chi connectivity index (χ0v) is 32.1. The molecule has 15 heteroatoms. The smallest absolute Gasteiger partial charge is 0.269 e. The quantitative estimate of drug-likeness (QED) is 0.0803. The van der Waals surface area contributed by atoms with Crippen LogP contribution in [-0.2, 0) is 26.2 Å². The van der Waals surface area contributed by atoms with E-state index in [0.29, 0.717) is 27.8 Å². The maximum atomic E-state index is 15.2. The number of benzene rings is 3. The van der Waals surface area contributed by atoms with Crippen LogP contribution in [0.5, 0.6) is 11.5 Å². The monoisotopic (exact) mass is 791 g/mol. The lowest BCUT2D eigenvalue weighted by atomic mass is 9.51. The van der Waals surface area contributed by atoms with Crippen LogP contribution >= 0.6 is 22.9 Å². The van der Waals surface area contributed by atoms with Crippen molar-refractivity contribution >= 4 is 73.8 Å². The fourth-order valence-corrected chi connectivity index (χ4v) is 11.0. The zero-order chi connectivity index (χ0) is 39.5. The van der Waals surface area contributed by atoms with Gasteiger partial charge in [0.1, 0.15) is 23.0 Å². The van der Waals surface area contributed by atoms with Crippen molar-refractivity contribution in [1.29, 1.82) is 0 Å².